The molecule has 3 N–H and O–H groups in total. The number of rotatable bonds is 11. The first-order valence-corrected chi connectivity index (χ1v) is 12.2. The largest absolute Gasteiger partial charge is 0.380 e. The van der Waals surface area contributed by atoms with Crippen LogP contribution in [0.2, 0.25) is 0 Å². The minimum absolute atomic E-state index is 0.546. The van der Waals surface area contributed by atoms with Crippen LogP contribution in [0.15, 0.2) is 79.2 Å². The monoisotopic (exact) mass is 477 g/mol. The number of anilines is 1. The van der Waals surface area contributed by atoms with Gasteiger partial charge in [0.25, 0.3) is 0 Å². The molecule has 7 heteroatoms. The van der Waals surface area contributed by atoms with Crippen LogP contribution in [0.25, 0.3) is 21.8 Å². The van der Waals surface area contributed by atoms with Crippen LogP contribution in [-0.4, -0.2) is 41.3 Å². The number of thiazole rings is 1. The van der Waals surface area contributed by atoms with Crippen molar-refractivity contribution in [2.75, 3.05) is 32.0 Å². The molecule has 3 rings (SSSR count). The first-order chi connectivity index (χ1) is 16.5. The lowest BCUT2D eigenvalue weighted by Gasteiger charge is -2.02. The van der Waals surface area contributed by atoms with Crippen molar-refractivity contribution in [3.8, 4) is 21.8 Å². The minimum Gasteiger partial charge on any atom is -0.380 e. The molecule has 0 amide bonds. The topological polar surface area (TPSA) is 86.0 Å². The van der Waals surface area contributed by atoms with Crippen molar-refractivity contribution in [2.24, 2.45) is 0 Å². The van der Waals surface area contributed by atoms with Gasteiger partial charge in [-0.25, -0.2) is 4.98 Å². The molecule has 34 heavy (non-hydrogen) atoms. The summed E-state index contributed by atoms with van der Waals surface area (Å²) >= 11 is 1.45. The molecule has 0 unspecified atom stereocenters. The zero-order valence-electron chi connectivity index (χ0n) is 20.3. The summed E-state index contributed by atoms with van der Waals surface area (Å²) in [5.74, 6) is 0. The Hall–Kier alpha value is -3.13. The predicted octanol–water partition coefficient (Wildman–Crippen LogP) is 5.85. The van der Waals surface area contributed by atoms with Crippen LogP contribution in [0, 0.1) is 6.92 Å². The Morgan fingerprint density at radius 2 is 2.00 bits per heavy atom. The summed E-state index contributed by atoms with van der Waals surface area (Å²) in [6.45, 7) is 13.1. The van der Waals surface area contributed by atoms with E-state index < -0.39 is 0 Å². The Morgan fingerprint density at radius 3 is 2.71 bits per heavy atom. The maximum atomic E-state index is 5.86. The lowest BCUT2D eigenvalue weighted by atomic mass is 10.1. The molecule has 180 valence electrons. The number of hydrogen-bond donors (Lipinski definition) is 2. The first kappa shape index (κ1) is 27.1. The molecule has 0 radical (unpaired) electrons. The number of aromatic nitrogens is 3. The van der Waals surface area contributed by atoms with Gasteiger partial charge in [0.05, 0.1) is 22.9 Å². The van der Waals surface area contributed by atoms with Crippen molar-refractivity contribution in [2.45, 2.75) is 27.2 Å². The summed E-state index contributed by atoms with van der Waals surface area (Å²) in [6, 6.07) is 9.79. The molecule has 3 heterocycles. The van der Waals surface area contributed by atoms with Crippen LogP contribution in [0.3, 0.4) is 0 Å². The zero-order chi connectivity index (χ0) is 24.6. The summed E-state index contributed by atoms with van der Waals surface area (Å²) in [7, 11) is 0. The smallest absolute Gasteiger partial charge is 0.181 e. The summed E-state index contributed by atoms with van der Waals surface area (Å²) in [6.07, 6.45) is 12.7. The summed E-state index contributed by atoms with van der Waals surface area (Å²) < 4.78 is 5.21. The number of nitrogens with one attached hydrogen (secondary N) is 1. The molecule has 0 saturated carbocycles. The number of nitrogen functional groups attached to an aromatic ring is 1. The number of nitrogens with two attached hydrogens (primary N) is 1. The quantitative estimate of drug-likeness (QED) is 0.205. The van der Waals surface area contributed by atoms with Gasteiger partial charge in [0.2, 0.25) is 0 Å². The van der Waals surface area contributed by atoms with Gasteiger partial charge >= 0.3 is 0 Å². The molecular formula is C27H35N5OS. The third kappa shape index (κ3) is 9.79. The second-order valence-electron chi connectivity index (χ2n) is 7.41. The maximum Gasteiger partial charge on any atom is 0.181 e. The van der Waals surface area contributed by atoms with Gasteiger partial charge in [-0.2, -0.15) is 0 Å². The molecule has 0 aliphatic rings. The molecule has 0 atom stereocenters. The molecule has 0 aliphatic heterocycles. The predicted molar refractivity (Wildman–Crippen MR) is 145 cm³/mol. The van der Waals surface area contributed by atoms with Crippen molar-refractivity contribution in [1.29, 1.82) is 0 Å². The molecule has 3 aromatic heterocycles. The van der Waals surface area contributed by atoms with E-state index in [1.54, 1.807) is 12.4 Å². The van der Waals surface area contributed by atoms with Crippen molar-refractivity contribution in [1.82, 2.24) is 20.3 Å². The molecule has 0 fully saturated rings. The average Bonchev–Trinajstić information content (AvgIpc) is 3.25. The Kier molecular flexibility index (Phi) is 12.5. The Morgan fingerprint density at radius 1 is 1.21 bits per heavy atom. The highest BCUT2D eigenvalue weighted by molar-refractivity contribution is 7.19. The van der Waals surface area contributed by atoms with Crippen molar-refractivity contribution in [3.63, 3.8) is 0 Å². The summed E-state index contributed by atoms with van der Waals surface area (Å²) in [5.41, 5.74) is 10.9. The van der Waals surface area contributed by atoms with Gasteiger partial charge in [-0.05, 0) is 51.5 Å². The number of allylic oxidation sites excluding steroid dienone is 4. The normalized spacial score (nSPS) is 11.3. The van der Waals surface area contributed by atoms with E-state index in [2.05, 4.69) is 52.0 Å². The Bertz CT molecular complexity index is 1060. The molecule has 0 spiro atoms. The van der Waals surface area contributed by atoms with Gasteiger partial charge in [-0.15, -0.1) is 6.58 Å². The van der Waals surface area contributed by atoms with Gasteiger partial charge in [-0.1, -0.05) is 47.3 Å². The van der Waals surface area contributed by atoms with Gasteiger partial charge < -0.3 is 15.8 Å². The number of aryl methyl sites for hydroxylation is 1. The van der Waals surface area contributed by atoms with E-state index in [0.29, 0.717) is 5.13 Å². The van der Waals surface area contributed by atoms with Crippen LogP contribution < -0.4 is 11.1 Å². The fourth-order valence-electron chi connectivity index (χ4n) is 2.94. The van der Waals surface area contributed by atoms with E-state index in [1.807, 2.05) is 50.3 Å². The van der Waals surface area contributed by atoms with Crippen molar-refractivity contribution in [3.05, 3.63) is 84.9 Å². The standard InChI is InChI=1S/C14H12N4S.C13H23NO/c1-9-3-2-4-11(17-9)13-12(18-14(15)19-13)10-5-7-16-8-6-10;1-4-6-8-13(3)9-7-10-14-11-12-15-5-2/h2-8H,1H3,(H2,15,18);4,7-9,14H,1,5-6,10-12H2,2-3H3/b;9-7-,13-8-. The van der Waals surface area contributed by atoms with E-state index in [9.17, 15) is 0 Å². The van der Waals surface area contributed by atoms with Gasteiger partial charge in [0.1, 0.15) is 0 Å². The summed E-state index contributed by atoms with van der Waals surface area (Å²) in [5, 5.41) is 3.82. The van der Waals surface area contributed by atoms with E-state index in [0.717, 1.165) is 60.2 Å². The van der Waals surface area contributed by atoms with Crippen LogP contribution in [0.4, 0.5) is 5.13 Å². The molecule has 0 aliphatic carbocycles. The molecule has 3 aromatic rings. The zero-order valence-corrected chi connectivity index (χ0v) is 21.1. The van der Waals surface area contributed by atoms with Gasteiger partial charge in [0.15, 0.2) is 5.13 Å². The Balaban J connectivity index is 0.000000249. The lowest BCUT2D eigenvalue weighted by molar-refractivity contribution is 0.150. The maximum absolute atomic E-state index is 5.86. The van der Waals surface area contributed by atoms with Crippen LogP contribution in [0.1, 0.15) is 26.0 Å². The number of pyridine rings is 2. The molecule has 0 aromatic carbocycles. The van der Waals surface area contributed by atoms with Crippen LogP contribution in [-0.2, 0) is 4.74 Å². The minimum atomic E-state index is 0.546. The summed E-state index contributed by atoms with van der Waals surface area (Å²) in [4.78, 5) is 14.0. The SMILES string of the molecule is C=CC/C=C(C)\C=C/CNCCOCC.Cc1cccc(-c2sc(N)nc2-c2ccncc2)n1. The van der Waals surface area contributed by atoms with Crippen LogP contribution in [0.5, 0.6) is 0 Å². The van der Waals surface area contributed by atoms with E-state index in [1.165, 1.54) is 16.9 Å². The average molecular weight is 478 g/mol. The molecule has 0 saturated heterocycles. The highest BCUT2D eigenvalue weighted by Gasteiger charge is 2.14. The second kappa shape index (κ2) is 15.7. The highest BCUT2D eigenvalue weighted by Crippen LogP contribution is 2.36. The molecule has 0 bridgehead atoms. The molecule has 6 nitrogen and oxygen atoms in total. The van der Waals surface area contributed by atoms with E-state index in [4.69, 9.17) is 10.5 Å². The van der Waals surface area contributed by atoms with Gasteiger partial charge in [-0.3, -0.25) is 9.97 Å². The number of nitrogens with zero attached hydrogens (tertiary/aromatic N) is 3. The Labute approximate surface area is 207 Å². The molecular weight excluding hydrogens is 442 g/mol. The fraction of sp³-hybridized carbons (Fsp3) is 0.296. The van der Waals surface area contributed by atoms with Crippen LogP contribution >= 0.6 is 11.3 Å². The first-order valence-electron chi connectivity index (χ1n) is 11.4. The van der Waals surface area contributed by atoms with Gasteiger partial charge in [0, 0.05) is 43.3 Å². The highest BCUT2D eigenvalue weighted by atomic mass is 32.1. The third-order valence-corrected chi connectivity index (χ3v) is 5.50. The second-order valence-corrected chi connectivity index (χ2v) is 8.44. The fourth-order valence-corrected chi connectivity index (χ4v) is 3.77. The lowest BCUT2D eigenvalue weighted by Crippen LogP contribution is -2.19. The number of hydrogen-bond acceptors (Lipinski definition) is 7. The van der Waals surface area contributed by atoms with Crippen molar-refractivity contribution >= 4 is 16.5 Å². The van der Waals surface area contributed by atoms with E-state index in [-0.39, 0.29) is 0 Å². The van der Waals surface area contributed by atoms with Crippen molar-refractivity contribution < 1.29 is 4.74 Å². The third-order valence-electron chi connectivity index (χ3n) is 4.60. The number of ether oxygens (including phenoxy) is 1. The van der Waals surface area contributed by atoms with E-state index >= 15 is 0 Å².